The second-order valence-corrected chi connectivity index (χ2v) is 9.68. The summed E-state index contributed by atoms with van der Waals surface area (Å²) in [5.41, 5.74) is 1.93. The highest BCUT2D eigenvalue weighted by atomic mass is 16.5. The fourth-order valence-electron chi connectivity index (χ4n) is 3.10. The number of ether oxygens (including phenoxy) is 3. The fourth-order valence-corrected chi connectivity index (χ4v) is 3.10. The normalized spacial score (nSPS) is 12.9. The van der Waals surface area contributed by atoms with Crippen LogP contribution < -0.4 is 0 Å². The van der Waals surface area contributed by atoms with Gasteiger partial charge in [-0.3, -0.25) is 0 Å². The summed E-state index contributed by atoms with van der Waals surface area (Å²) < 4.78 is 15.0. The molecule has 9 heteroatoms. The fraction of sp³-hybridized carbons (Fsp3) is 0.438. The molecule has 0 amide bonds. The van der Waals surface area contributed by atoms with Gasteiger partial charge < -0.3 is 24.2 Å². The van der Waals surface area contributed by atoms with Crippen LogP contribution in [0.4, 0.5) is 0 Å². The molecule has 0 bridgehead atoms. The second kappa shape index (κ2) is 21.8. The minimum absolute atomic E-state index is 0.00699. The van der Waals surface area contributed by atoms with E-state index < -0.39 is 11.9 Å². The SMILES string of the molecule is C=C(C)C(=O)OCc1ccccc1.C=C(CC=C(C)C(=O)O)C(=O)OC1CCCCC1.C=CC(=O)OCCN(C)C. The van der Waals surface area contributed by atoms with E-state index in [9.17, 15) is 19.2 Å². The zero-order valence-electron chi connectivity index (χ0n) is 24.9. The van der Waals surface area contributed by atoms with E-state index in [1.54, 1.807) is 6.92 Å². The maximum absolute atomic E-state index is 11.7. The predicted octanol–water partition coefficient (Wildman–Crippen LogP) is 5.42. The number of likely N-dealkylation sites (N-methyl/N-ethyl adjacent to an activating group) is 1. The number of aliphatic carboxylic acids is 1. The van der Waals surface area contributed by atoms with Crippen LogP contribution in [0.1, 0.15) is 57.9 Å². The van der Waals surface area contributed by atoms with Gasteiger partial charge in [0.1, 0.15) is 19.3 Å². The summed E-state index contributed by atoms with van der Waals surface area (Å²) in [6.45, 7) is 15.0. The first-order chi connectivity index (χ1) is 19.4. The lowest BCUT2D eigenvalue weighted by molar-refractivity contribution is -0.146. The van der Waals surface area contributed by atoms with E-state index in [2.05, 4.69) is 19.7 Å². The maximum Gasteiger partial charge on any atom is 0.333 e. The number of allylic oxidation sites excluding steroid dienone is 1. The summed E-state index contributed by atoms with van der Waals surface area (Å²) in [4.78, 5) is 45.6. The minimum atomic E-state index is -0.983. The lowest BCUT2D eigenvalue weighted by atomic mass is 9.98. The van der Waals surface area contributed by atoms with E-state index in [1.165, 1.54) is 19.4 Å². The van der Waals surface area contributed by atoms with Crippen molar-refractivity contribution in [3.63, 3.8) is 0 Å². The van der Waals surface area contributed by atoms with E-state index in [0.717, 1.165) is 43.9 Å². The standard InChI is InChI=1S/C14H20O4.C11H12O2.C7H13NO2/c1-10(13(15)16)8-9-11(2)14(17)18-12-6-4-3-5-7-12;1-9(2)11(12)13-8-10-6-4-3-5-7-10;1-4-7(9)10-6-5-8(2)3/h8,12H,2-7,9H2,1H3,(H,15,16);3-7H,1,8H2,2H3;4H,1,5-6H2,2-3H3. The van der Waals surface area contributed by atoms with Gasteiger partial charge >= 0.3 is 23.9 Å². The highest BCUT2D eigenvalue weighted by Gasteiger charge is 2.19. The minimum Gasteiger partial charge on any atom is -0.478 e. The molecular weight excluding hydrogens is 526 g/mol. The largest absolute Gasteiger partial charge is 0.478 e. The summed E-state index contributed by atoms with van der Waals surface area (Å²) >= 11 is 0. The molecule has 9 nitrogen and oxygen atoms in total. The van der Waals surface area contributed by atoms with Crippen molar-refractivity contribution >= 4 is 23.9 Å². The molecule has 1 aliphatic rings. The van der Waals surface area contributed by atoms with Crippen LogP contribution in [-0.2, 0) is 40.0 Å². The number of carbonyl (C=O) groups excluding carboxylic acids is 3. The molecule has 0 radical (unpaired) electrons. The molecule has 1 aromatic carbocycles. The summed E-state index contributed by atoms with van der Waals surface area (Å²) in [5, 5.41) is 8.68. The highest BCUT2D eigenvalue weighted by molar-refractivity contribution is 5.89. The molecule has 1 fully saturated rings. The van der Waals surface area contributed by atoms with Crippen molar-refractivity contribution in [2.75, 3.05) is 27.2 Å². The third-order valence-electron chi connectivity index (χ3n) is 5.62. The molecule has 41 heavy (non-hydrogen) atoms. The zero-order valence-corrected chi connectivity index (χ0v) is 24.9. The Hall–Kier alpha value is -3.98. The Bertz CT molecular complexity index is 1040. The summed E-state index contributed by atoms with van der Waals surface area (Å²) in [7, 11) is 3.84. The molecule has 226 valence electrons. The first kappa shape index (κ1) is 37.0. The maximum atomic E-state index is 11.7. The average molecular weight is 572 g/mol. The van der Waals surface area contributed by atoms with Crippen molar-refractivity contribution in [3.05, 3.63) is 84.5 Å². The van der Waals surface area contributed by atoms with E-state index in [1.807, 2.05) is 49.3 Å². The van der Waals surface area contributed by atoms with Gasteiger partial charge in [-0.15, -0.1) is 0 Å². The van der Waals surface area contributed by atoms with Crippen LogP contribution in [0, 0.1) is 0 Å². The Balaban J connectivity index is 0.000000615. The molecule has 1 saturated carbocycles. The van der Waals surface area contributed by atoms with Gasteiger partial charge in [0.05, 0.1) is 0 Å². The van der Waals surface area contributed by atoms with E-state index in [4.69, 9.17) is 19.3 Å². The van der Waals surface area contributed by atoms with Gasteiger partial charge in [0.2, 0.25) is 0 Å². The van der Waals surface area contributed by atoms with Crippen LogP contribution in [-0.4, -0.2) is 67.2 Å². The molecule has 2 rings (SSSR count). The van der Waals surface area contributed by atoms with Crippen molar-refractivity contribution in [2.45, 2.75) is 65.1 Å². The van der Waals surface area contributed by atoms with Crippen molar-refractivity contribution in [1.29, 1.82) is 0 Å². The Kier molecular flexibility index (Phi) is 19.7. The van der Waals surface area contributed by atoms with Gasteiger partial charge in [0.25, 0.3) is 0 Å². The number of nitrogens with zero attached hydrogens (tertiary/aromatic N) is 1. The Morgan fingerprint density at radius 2 is 1.59 bits per heavy atom. The topological polar surface area (TPSA) is 119 Å². The number of hydrogen-bond donors (Lipinski definition) is 1. The molecule has 0 aliphatic heterocycles. The van der Waals surface area contributed by atoms with Gasteiger partial charge in [-0.25, -0.2) is 19.2 Å². The quantitative estimate of drug-likeness (QED) is 0.199. The Morgan fingerprint density at radius 1 is 0.976 bits per heavy atom. The molecule has 1 aliphatic carbocycles. The van der Waals surface area contributed by atoms with E-state index >= 15 is 0 Å². The zero-order chi connectivity index (χ0) is 31.2. The van der Waals surface area contributed by atoms with Gasteiger partial charge in [0.15, 0.2) is 0 Å². The van der Waals surface area contributed by atoms with Crippen molar-refractivity contribution in [1.82, 2.24) is 4.90 Å². The van der Waals surface area contributed by atoms with Gasteiger partial charge in [0, 0.05) is 29.3 Å². The molecule has 1 N–H and O–H groups in total. The summed E-state index contributed by atoms with van der Waals surface area (Å²) in [6.07, 6.45) is 8.12. The number of carbonyl (C=O) groups is 4. The van der Waals surface area contributed by atoms with Crippen molar-refractivity contribution in [3.8, 4) is 0 Å². The second-order valence-electron chi connectivity index (χ2n) is 9.68. The molecule has 0 aromatic heterocycles. The van der Waals surface area contributed by atoms with Crippen LogP contribution in [0.15, 0.2) is 78.9 Å². The lowest BCUT2D eigenvalue weighted by Crippen LogP contribution is -2.21. The molecule has 0 spiro atoms. The first-order valence-corrected chi connectivity index (χ1v) is 13.5. The molecule has 0 unspecified atom stereocenters. The summed E-state index contributed by atoms with van der Waals surface area (Å²) in [6, 6.07) is 9.55. The van der Waals surface area contributed by atoms with Gasteiger partial charge in [-0.2, -0.15) is 0 Å². The third-order valence-corrected chi connectivity index (χ3v) is 5.62. The molecular formula is C32H45NO8. The molecule has 1 aromatic rings. The average Bonchev–Trinajstić information content (AvgIpc) is 2.95. The number of carboxylic acid groups (broad SMARTS) is 1. The van der Waals surface area contributed by atoms with Crippen LogP contribution >= 0.6 is 0 Å². The van der Waals surface area contributed by atoms with Crippen molar-refractivity contribution in [2.24, 2.45) is 0 Å². The summed E-state index contributed by atoms with van der Waals surface area (Å²) in [5.74, 6) is -2.09. The van der Waals surface area contributed by atoms with E-state index in [-0.39, 0.29) is 30.0 Å². The number of benzene rings is 1. The van der Waals surface area contributed by atoms with Crippen molar-refractivity contribution < 1.29 is 38.5 Å². The monoisotopic (exact) mass is 571 g/mol. The van der Waals surface area contributed by atoms with Crippen LogP contribution in [0.5, 0.6) is 0 Å². The van der Waals surface area contributed by atoms with Gasteiger partial charge in [-0.1, -0.05) is 62.6 Å². The smallest absolute Gasteiger partial charge is 0.333 e. The number of hydrogen-bond acceptors (Lipinski definition) is 8. The molecule has 0 heterocycles. The van der Waals surface area contributed by atoms with Gasteiger partial charge in [-0.05, 0) is 65.6 Å². The van der Waals surface area contributed by atoms with E-state index in [0.29, 0.717) is 24.4 Å². The number of rotatable bonds is 12. The Morgan fingerprint density at radius 3 is 2.10 bits per heavy atom. The molecule has 0 saturated heterocycles. The molecule has 0 atom stereocenters. The first-order valence-electron chi connectivity index (χ1n) is 13.5. The van der Waals surface area contributed by atoms with Crippen LogP contribution in [0.25, 0.3) is 0 Å². The number of esters is 3. The Labute approximate surface area is 244 Å². The number of carboxylic acids is 1. The highest BCUT2D eigenvalue weighted by Crippen LogP contribution is 2.21. The predicted molar refractivity (Wildman–Crippen MR) is 159 cm³/mol. The third kappa shape index (κ3) is 19.7. The van der Waals surface area contributed by atoms with Crippen LogP contribution in [0.2, 0.25) is 0 Å². The lowest BCUT2D eigenvalue weighted by Gasteiger charge is -2.22. The van der Waals surface area contributed by atoms with Crippen LogP contribution in [0.3, 0.4) is 0 Å².